The molecule has 2 aromatic rings. The minimum absolute atomic E-state index is 0.0842. The Morgan fingerprint density at radius 1 is 1.06 bits per heavy atom. The van der Waals surface area contributed by atoms with E-state index in [1.807, 2.05) is 42.5 Å². The zero-order valence-corrected chi connectivity index (χ0v) is 18.2. The van der Waals surface area contributed by atoms with E-state index in [0.29, 0.717) is 32.1 Å². The Bertz CT molecular complexity index is 975. The number of morpholine rings is 1. The lowest BCUT2D eigenvalue weighted by atomic mass is 10.1. The lowest BCUT2D eigenvalue weighted by molar-refractivity contribution is -0.138. The van der Waals surface area contributed by atoms with Crippen LogP contribution in [0.3, 0.4) is 0 Å². The van der Waals surface area contributed by atoms with Gasteiger partial charge in [0.1, 0.15) is 24.5 Å². The summed E-state index contributed by atoms with van der Waals surface area (Å²) in [5, 5.41) is 12.9. The molecule has 2 heterocycles. The molecule has 0 aromatic heterocycles. The number of aliphatic hydroxyl groups is 1. The number of rotatable bonds is 8. The molecule has 2 aromatic carbocycles. The molecule has 2 fully saturated rings. The first kappa shape index (κ1) is 22.8. The highest BCUT2D eigenvalue weighted by atomic mass is 16.5. The van der Waals surface area contributed by atoms with Gasteiger partial charge in [-0.25, -0.2) is 4.79 Å². The SMILES string of the molecule is O=C(CC1NC(=O)N(CC(O)COc2ccc(-c3ccccc3)cc2)C1=O)N1CCOCC1. The van der Waals surface area contributed by atoms with Gasteiger partial charge in [-0.1, -0.05) is 42.5 Å². The normalized spacial score (nSPS) is 19.4. The monoisotopic (exact) mass is 453 g/mol. The molecule has 2 unspecified atom stereocenters. The predicted octanol–water partition coefficient (Wildman–Crippen LogP) is 1.26. The molecule has 4 amide bonds. The molecule has 4 rings (SSSR count). The highest BCUT2D eigenvalue weighted by Crippen LogP contribution is 2.22. The van der Waals surface area contributed by atoms with Crippen molar-refractivity contribution < 1.29 is 29.0 Å². The highest BCUT2D eigenvalue weighted by molar-refractivity contribution is 6.05. The fourth-order valence-electron chi connectivity index (χ4n) is 3.83. The van der Waals surface area contributed by atoms with Crippen molar-refractivity contribution in [1.29, 1.82) is 0 Å². The Balaban J connectivity index is 1.25. The van der Waals surface area contributed by atoms with E-state index in [-0.39, 0.29) is 25.5 Å². The van der Waals surface area contributed by atoms with Crippen molar-refractivity contribution in [3.63, 3.8) is 0 Å². The summed E-state index contributed by atoms with van der Waals surface area (Å²) in [6.07, 6.45) is -1.18. The van der Waals surface area contributed by atoms with E-state index < -0.39 is 24.1 Å². The van der Waals surface area contributed by atoms with E-state index in [1.54, 1.807) is 17.0 Å². The summed E-state index contributed by atoms with van der Waals surface area (Å²) in [6, 6.07) is 15.8. The number of carbonyl (C=O) groups excluding carboxylic acids is 3. The molecular formula is C24H27N3O6. The fourth-order valence-corrected chi connectivity index (χ4v) is 3.83. The van der Waals surface area contributed by atoms with E-state index in [1.165, 1.54) is 0 Å². The van der Waals surface area contributed by atoms with E-state index in [0.717, 1.165) is 16.0 Å². The molecule has 0 aliphatic carbocycles. The Kier molecular flexibility index (Phi) is 7.21. The van der Waals surface area contributed by atoms with Crippen LogP contribution in [-0.4, -0.2) is 84.4 Å². The summed E-state index contributed by atoms with van der Waals surface area (Å²) in [5.41, 5.74) is 2.13. The number of β-amino-alcohol motifs (C(OH)–C–C–N with tert-alkyl or cyclic N) is 1. The number of hydrogen-bond acceptors (Lipinski definition) is 6. The molecule has 2 aliphatic rings. The Labute approximate surface area is 191 Å². The average Bonchev–Trinajstić information content (AvgIpc) is 3.11. The van der Waals surface area contributed by atoms with Gasteiger partial charge in [-0.15, -0.1) is 0 Å². The van der Waals surface area contributed by atoms with Gasteiger partial charge >= 0.3 is 6.03 Å². The maximum Gasteiger partial charge on any atom is 0.324 e. The molecule has 2 saturated heterocycles. The van der Waals surface area contributed by atoms with Crippen LogP contribution in [0, 0.1) is 0 Å². The number of carbonyl (C=O) groups is 3. The first-order valence-corrected chi connectivity index (χ1v) is 10.9. The highest BCUT2D eigenvalue weighted by Gasteiger charge is 2.40. The summed E-state index contributed by atoms with van der Waals surface area (Å²) in [5.74, 6) is -0.158. The van der Waals surface area contributed by atoms with Crippen molar-refractivity contribution in [1.82, 2.24) is 15.1 Å². The second-order valence-corrected chi connectivity index (χ2v) is 8.00. The Morgan fingerprint density at radius 2 is 1.73 bits per heavy atom. The largest absolute Gasteiger partial charge is 0.491 e. The van der Waals surface area contributed by atoms with Crippen LogP contribution in [0.25, 0.3) is 11.1 Å². The zero-order chi connectivity index (χ0) is 23.2. The maximum atomic E-state index is 12.6. The van der Waals surface area contributed by atoms with Crippen LogP contribution in [0.1, 0.15) is 6.42 Å². The van der Waals surface area contributed by atoms with Crippen LogP contribution in [0.15, 0.2) is 54.6 Å². The number of aliphatic hydroxyl groups excluding tert-OH is 1. The second-order valence-electron chi connectivity index (χ2n) is 8.00. The molecule has 0 saturated carbocycles. The molecule has 9 nitrogen and oxygen atoms in total. The molecule has 9 heteroatoms. The van der Waals surface area contributed by atoms with Crippen molar-refractivity contribution in [3.05, 3.63) is 54.6 Å². The fraction of sp³-hybridized carbons (Fsp3) is 0.375. The third-order valence-electron chi connectivity index (χ3n) is 5.65. The smallest absolute Gasteiger partial charge is 0.324 e. The summed E-state index contributed by atoms with van der Waals surface area (Å²) in [4.78, 5) is 39.8. The molecule has 0 bridgehead atoms. The van der Waals surface area contributed by atoms with Gasteiger partial charge in [0.25, 0.3) is 5.91 Å². The van der Waals surface area contributed by atoms with E-state index in [9.17, 15) is 19.5 Å². The number of amides is 4. The number of nitrogens with zero attached hydrogens (tertiary/aromatic N) is 2. The van der Waals surface area contributed by atoms with Crippen LogP contribution >= 0.6 is 0 Å². The van der Waals surface area contributed by atoms with Crippen LogP contribution in [-0.2, 0) is 14.3 Å². The number of ether oxygens (including phenoxy) is 2. The number of urea groups is 1. The average molecular weight is 453 g/mol. The van der Waals surface area contributed by atoms with Gasteiger partial charge < -0.3 is 24.8 Å². The van der Waals surface area contributed by atoms with Crippen LogP contribution in [0.4, 0.5) is 4.79 Å². The Hall–Kier alpha value is -3.43. The number of imide groups is 1. The van der Waals surface area contributed by atoms with Crippen LogP contribution in [0.2, 0.25) is 0 Å². The quantitative estimate of drug-likeness (QED) is 0.583. The van der Waals surface area contributed by atoms with Gasteiger partial charge in [-0.05, 0) is 23.3 Å². The van der Waals surface area contributed by atoms with Crippen molar-refractivity contribution in [2.45, 2.75) is 18.6 Å². The number of benzene rings is 2. The van der Waals surface area contributed by atoms with Gasteiger partial charge in [0.05, 0.1) is 26.2 Å². The van der Waals surface area contributed by atoms with E-state index in [2.05, 4.69) is 5.32 Å². The third kappa shape index (κ3) is 5.68. The first-order chi connectivity index (χ1) is 16.0. The van der Waals surface area contributed by atoms with Crippen LogP contribution in [0.5, 0.6) is 5.75 Å². The Morgan fingerprint density at radius 3 is 2.42 bits per heavy atom. The summed E-state index contributed by atoms with van der Waals surface area (Å²) < 4.78 is 10.8. The number of hydrogen-bond donors (Lipinski definition) is 2. The second kappa shape index (κ2) is 10.5. The van der Waals surface area contributed by atoms with Gasteiger partial charge in [-0.2, -0.15) is 0 Å². The number of nitrogens with one attached hydrogen (secondary N) is 1. The first-order valence-electron chi connectivity index (χ1n) is 10.9. The van der Waals surface area contributed by atoms with Gasteiger partial charge in [-0.3, -0.25) is 14.5 Å². The molecule has 174 valence electrons. The van der Waals surface area contributed by atoms with Gasteiger partial charge in [0, 0.05) is 13.1 Å². The van der Waals surface area contributed by atoms with Crippen LogP contribution < -0.4 is 10.1 Å². The van der Waals surface area contributed by atoms with Gasteiger partial charge in [0.15, 0.2) is 0 Å². The lowest BCUT2D eigenvalue weighted by Crippen LogP contribution is -2.44. The predicted molar refractivity (Wildman–Crippen MR) is 119 cm³/mol. The van der Waals surface area contributed by atoms with Crippen molar-refractivity contribution in [2.24, 2.45) is 0 Å². The van der Waals surface area contributed by atoms with Crippen molar-refractivity contribution in [2.75, 3.05) is 39.5 Å². The van der Waals surface area contributed by atoms with Crippen molar-refractivity contribution in [3.8, 4) is 16.9 Å². The minimum Gasteiger partial charge on any atom is -0.491 e. The van der Waals surface area contributed by atoms with E-state index in [4.69, 9.17) is 9.47 Å². The summed E-state index contributed by atoms with van der Waals surface area (Å²) in [6.45, 7) is 1.57. The summed E-state index contributed by atoms with van der Waals surface area (Å²) >= 11 is 0. The minimum atomic E-state index is -1.07. The standard InChI is InChI=1S/C24H27N3O6/c28-19(16-33-20-8-6-18(7-9-20)17-4-2-1-3-5-17)15-27-23(30)21(25-24(27)31)14-22(29)26-10-12-32-13-11-26/h1-9,19,21,28H,10-16H2,(H,25,31). The topological polar surface area (TPSA) is 108 Å². The molecule has 0 spiro atoms. The van der Waals surface area contributed by atoms with Crippen molar-refractivity contribution >= 4 is 17.8 Å². The molecule has 2 N–H and O–H groups in total. The zero-order valence-electron chi connectivity index (χ0n) is 18.2. The third-order valence-corrected chi connectivity index (χ3v) is 5.65. The molecular weight excluding hydrogens is 426 g/mol. The van der Waals surface area contributed by atoms with E-state index >= 15 is 0 Å². The van der Waals surface area contributed by atoms with Gasteiger partial charge in [0.2, 0.25) is 5.91 Å². The molecule has 0 radical (unpaired) electrons. The molecule has 2 atom stereocenters. The maximum absolute atomic E-state index is 12.6. The molecule has 33 heavy (non-hydrogen) atoms. The lowest BCUT2D eigenvalue weighted by Gasteiger charge is -2.27. The summed E-state index contributed by atoms with van der Waals surface area (Å²) in [7, 11) is 0. The molecule has 2 aliphatic heterocycles.